The first-order chi connectivity index (χ1) is 13.6. The Hall–Kier alpha value is -3.55. The van der Waals surface area contributed by atoms with Gasteiger partial charge in [-0.15, -0.1) is 0 Å². The van der Waals surface area contributed by atoms with E-state index in [2.05, 4.69) is 21.2 Å². The van der Waals surface area contributed by atoms with Gasteiger partial charge in [-0.3, -0.25) is 9.59 Å². The standard InChI is InChI=1S/C20H24N4O4/c1-3-21-20(26)14-28-17-10-9-15(11-18(17)27-2)12-23-24-19(25)13-22-16-7-5-4-6-8-16/h4-12,22H,3,13-14H2,1-2H3,(H,21,26)(H,24,25)/b23-12-. The Morgan fingerprint density at radius 1 is 1.07 bits per heavy atom. The summed E-state index contributed by atoms with van der Waals surface area (Å²) < 4.78 is 10.7. The maximum atomic E-state index is 11.8. The molecule has 0 aliphatic rings. The van der Waals surface area contributed by atoms with Crippen LogP contribution in [0.4, 0.5) is 5.69 Å². The van der Waals surface area contributed by atoms with E-state index in [1.165, 1.54) is 13.3 Å². The first-order valence-corrected chi connectivity index (χ1v) is 8.80. The number of nitrogens with zero attached hydrogens (tertiary/aromatic N) is 1. The van der Waals surface area contributed by atoms with Crippen molar-refractivity contribution in [2.24, 2.45) is 5.10 Å². The number of carbonyl (C=O) groups excluding carboxylic acids is 2. The molecule has 0 radical (unpaired) electrons. The van der Waals surface area contributed by atoms with E-state index in [9.17, 15) is 9.59 Å². The number of hydrogen-bond donors (Lipinski definition) is 3. The van der Waals surface area contributed by atoms with Crippen LogP contribution in [0.25, 0.3) is 0 Å². The van der Waals surface area contributed by atoms with E-state index in [1.807, 2.05) is 37.3 Å². The van der Waals surface area contributed by atoms with Gasteiger partial charge in [0.2, 0.25) is 0 Å². The summed E-state index contributed by atoms with van der Waals surface area (Å²) in [6.45, 7) is 2.39. The molecule has 0 aliphatic carbocycles. The molecule has 0 heterocycles. The van der Waals surface area contributed by atoms with Gasteiger partial charge in [-0.1, -0.05) is 18.2 Å². The van der Waals surface area contributed by atoms with E-state index in [1.54, 1.807) is 18.2 Å². The number of carbonyl (C=O) groups is 2. The molecule has 0 aliphatic heterocycles. The van der Waals surface area contributed by atoms with Gasteiger partial charge in [0.25, 0.3) is 11.8 Å². The van der Waals surface area contributed by atoms with Crippen LogP contribution in [0.15, 0.2) is 53.6 Å². The Morgan fingerprint density at radius 2 is 1.86 bits per heavy atom. The highest BCUT2D eigenvalue weighted by Crippen LogP contribution is 2.27. The summed E-state index contributed by atoms with van der Waals surface area (Å²) in [6.07, 6.45) is 1.50. The van der Waals surface area contributed by atoms with Crippen molar-refractivity contribution >= 4 is 23.7 Å². The summed E-state index contributed by atoms with van der Waals surface area (Å²) in [5.41, 5.74) is 4.01. The Bertz CT molecular complexity index is 809. The van der Waals surface area contributed by atoms with Gasteiger partial charge in [-0.25, -0.2) is 5.43 Å². The highest BCUT2D eigenvalue weighted by molar-refractivity contribution is 5.85. The van der Waals surface area contributed by atoms with Crippen molar-refractivity contribution in [1.29, 1.82) is 0 Å². The predicted octanol–water partition coefficient (Wildman–Crippen LogP) is 1.77. The zero-order chi connectivity index (χ0) is 20.2. The maximum absolute atomic E-state index is 11.8. The van der Waals surface area contributed by atoms with Crippen molar-refractivity contribution in [3.63, 3.8) is 0 Å². The van der Waals surface area contributed by atoms with Crippen LogP contribution in [0, 0.1) is 0 Å². The van der Waals surface area contributed by atoms with E-state index in [4.69, 9.17) is 9.47 Å². The third-order valence-electron chi connectivity index (χ3n) is 3.55. The minimum Gasteiger partial charge on any atom is -0.493 e. The number of ether oxygens (including phenoxy) is 2. The summed E-state index contributed by atoms with van der Waals surface area (Å²) in [6, 6.07) is 14.5. The smallest absolute Gasteiger partial charge is 0.259 e. The molecule has 0 unspecified atom stereocenters. The van der Waals surface area contributed by atoms with Crippen molar-refractivity contribution < 1.29 is 19.1 Å². The van der Waals surface area contributed by atoms with Gasteiger partial charge < -0.3 is 20.1 Å². The lowest BCUT2D eigenvalue weighted by Crippen LogP contribution is -2.28. The van der Waals surface area contributed by atoms with Crippen LogP contribution in [0.3, 0.4) is 0 Å². The molecule has 0 saturated carbocycles. The van der Waals surface area contributed by atoms with Crippen molar-refractivity contribution in [3.8, 4) is 11.5 Å². The number of rotatable bonds is 10. The molecule has 2 aromatic rings. The molecule has 2 aromatic carbocycles. The Balaban J connectivity index is 1.85. The Kier molecular flexibility index (Phi) is 8.32. The minimum atomic E-state index is -0.269. The van der Waals surface area contributed by atoms with Crippen molar-refractivity contribution in [3.05, 3.63) is 54.1 Å². The highest BCUT2D eigenvalue weighted by atomic mass is 16.5. The molecule has 2 amide bonds. The number of para-hydroxylation sites is 1. The largest absolute Gasteiger partial charge is 0.493 e. The number of likely N-dealkylation sites (N-methyl/N-ethyl adjacent to an activating group) is 1. The lowest BCUT2D eigenvalue weighted by Gasteiger charge is -2.11. The summed E-state index contributed by atoms with van der Waals surface area (Å²) in [4.78, 5) is 23.3. The monoisotopic (exact) mass is 384 g/mol. The average Bonchev–Trinajstić information content (AvgIpc) is 2.72. The van der Waals surface area contributed by atoms with Crippen LogP contribution in [-0.4, -0.2) is 44.8 Å². The molecule has 0 atom stereocenters. The SMILES string of the molecule is CCNC(=O)COc1ccc(/C=N\NC(=O)CNc2ccccc2)cc1OC. The van der Waals surface area contributed by atoms with Gasteiger partial charge in [-0.2, -0.15) is 5.10 Å². The molecule has 8 heteroatoms. The lowest BCUT2D eigenvalue weighted by molar-refractivity contribution is -0.123. The van der Waals surface area contributed by atoms with Gasteiger partial charge >= 0.3 is 0 Å². The van der Waals surface area contributed by atoms with Crippen molar-refractivity contribution in [2.45, 2.75) is 6.92 Å². The number of benzene rings is 2. The maximum Gasteiger partial charge on any atom is 0.259 e. The molecule has 148 valence electrons. The molecule has 0 saturated heterocycles. The molecular weight excluding hydrogens is 360 g/mol. The number of hydrogen-bond acceptors (Lipinski definition) is 6. The van der Waals surface area contributed by atoms with Crippen LogP contribution >= 0.6 is 0 Å². The summed E-state index contributed by atoms with van der Waals surface area (Å²) in [5, 5.41) is 9.58. The van der Waals surface area contributed by atoms with E-state index < -0.39 is 0 Å². The predicted molar refractivity (Wildman–Crippen MR) is 108 cm³/mol. The Labute approximate surface area is 163 Å². The number of hydrazone groups is 1. The fourth-order valence-electron chi connectivity index (χ4n) is 2.23. The first-order valence-electron chi connectivity index (χ1n) is 8.80. The number of nitrogens with one attached hydrogen (secondary N) is 3. The molecule has 0 bridgehead atoms. The number of methoxy groups -OCH3 is 1. The topological polar surface area (TPSA) is 101 Å². The van der Waals surface area contributed by atoms with E-state index in [0.29, 0.717) is 23.6 Å². The zero-order valence-corrected chi connectivity index (χ0v) is 15.9. The quantitative estimate of drug-likeness (QED) is 0.428. The van der Waals surface area contributed by atoms with Gasteiger partial charge in [0, 0.05) is 12.2 Å². The van der Waals surface area contributed by atoms with Crippen LogP contribution < -0.4 is 25.5 Å². The highest BCUT2D eigenvalue weighted by Gasteiger charge is 2.08. The molecule has 8 nitrogen and oxygen atoms in total. The normalized spacial score (nSPS) is 10.4. The van der Waals surface area contributed by atoms with Crippen LogP contribution in [-0.2, 0) is 9.59 Å². The Morgan fingerprint density at radius 3 is 2.57 bits per heavy atom. The average molecular weight is 384 g/mol. The third kappa shape index (κ3) is 6.99. The first kappa shape index (κ1) is 20.8. The molecule has 28 heavy (non-hydrogen) atoms. The van der Waals surface area contributed by atoms with Gasteiger partial charge in [-0.05, 0) is 42.8 Å². The van der Waals surface area contributed by atoms with E-state index in [-0.39, 0.29) is 25.0 Å². The summed E-state index contributed by atoms with van der Waals surface area (Å²) in [5.74, 6) is 0.434. The molecule has 0 spiro atoms. The van der Waals surface area contributed by atoms with E-state index >= 15 is 0 Å². The zero-order valence-electron chi connectivity index (χ0n) is 15.9. The second-order valence-corrected chi connectivity index (χ2v) is 5.67. The van der Waals surface area contributed by atoms with Crippen LogP contribution in [0.2, 0.25) is 0 Å². The fraction of sp³-hybridized carbons (Fsp3) is 0.250. The van der Waals surface area contributed by atoms with E-state index in [0.717, 1.165) is 5.69 Å². The van der Waals surface area contributed by atoms with Crippen LogP contribution in [0.1, 0.15) is 12.5 Å². The molecular formula is C20H24N4O4. The molecule has 0 fully saturated rings. The molecule has 2 rings (SSSR count). The number of anilines is 1. The van der Waals surface area contributed by atoms with Gasteiger partial charge in [0.1, 0.15) is 0 Å². The lowest BCUT2D eigenvalue weighted by atomic mass is 10.2. The minimum absolute atomic E-state index is 0.0951. The fourth-order valence-corrected chi connectivity index (χ4v) is 2.23. The second kappa shape index (κ2) is 11.2. The molecule has 3 N–H and O–H groups in total. The molecule has 0 aromatic heterocycles. The summed E-state index contributed by atoms with van der Waals surface area (Å²) >= 11 is 0. The van der Waals surface area contributed by atoms with Crippen molar-refractivity contribution in [1.82, 2.24) is 10.7 Å². The van der Waals surface area contributed by atoms with Gasteiger partial charge in [0.15, 0.2) is 18.1 Å². The van der Waals surface area contributed by atoms with Crippen LogP contribution in [0.5, 0.6) is 11.5 Å². The second-order valence-electron chi connectivity index (χ2n) is 5.67. The van der Waals surface area contributed by atoms with Gasteiger partial charge in [0.05, 0.1) is 19.9 Å². The summed E-state index contributed by atoms with van der Waals surface area (Å²) in [7, 11) is 1.51. The number of amides is 2. The third-order valence-corrected chi connectivity index (χ3v) is 3.55. The van der Waals surface area contributed by atoms with Crippen molar-refractivity contribution in [2.75, 3.05) is 32.1 Å².